The second-order valence-electron chi connectivity index (χ2n) is 6.60. The van der Waals surface area contributed by atoms with Crippen molar-refractivity contribution in [3.8, 4) is 0 Å². The Balaban J connectivity index is 1.87. The van der Waals surface area contributed by atoms with Gasteiger partial charge in [0.2, 0.25) is 0 Å². The number of rotatable bonds is 5. The summed E-state index contributed by atoms with van der Waals surface area (Å²) < 4.78 is 34.3. The van der Waals surface area contributed by atoms with E-state index in [-0.39, 0.29) is 13.2 Å². The van der Waals surface area contributed by atoms with Gasteiger partial charge in [0.15, 0.2) is 0 Å². The van der Waals surface area contributed by atoms with Crippen LogP contribution in [0.5, 0.6) is 0 Å². The lowest BCUT2D eigenvalue weighted by atomic mass is 9.85. The molecule has 0 spiro atoms. The normalized spacial score (nSPS) is 25.4. The van der Waals surface area contributed by atoms with Crippen molar-refractivity contribution in [1.82, 2.24) is 4.90 Å². The number of likely N-dealkylation sites (tertiary alicyclic amines) is 1. The lowest BCUT2D eigenvalue weighted by Gasteiger charge is -2.26. The molecule has 1 aromatic carbocycles. The Morgan fingerprint density at radius 3 is 2.50 bits per heavy atom. The first-order valence-electron chi connectivity index (χ1n) is 8.25. The summed E-state index contributed by atoms with van der Waals surface area (Å²) >= 11 is 0. The predicted molar refractivity (Wildman–Crippen MR) is 83.3 cm³/mol. The summed E-state index contributed by atoms with van der Waals surface area (Å²) in [4.78, 5) is 25.7. The van der Waals surface area contributed by atoms with Gasteiger partial charge in [-0.3, -0.25) is 9.59 Å². The minimum Gasteiger partial charge on any atom is -0.466 e. The summed E-state index contributed by atoms with van der Waals surface area (Å²) in [6.45, 7) is 3.41. The summed E-state index contributed by atoms with van der Waals surface area (Å²) in [6.07, 6.45) is 0.708. The number of esters is 1. The summed E-state index contributed by atoms with van der Waals surface area (Å²) in [5.74, 6) is -6.65. The fourth-order valence-electron chi connectivity index (χ4n) is 3.61. The van der Waals surface area contributed by atoms with Crippen LogP contribution in [0, 0.1) is 11.3 Å². The van der Waals surface area contributed by atoms with E-state index in [2.05, 4.69) is 0 Å². The molecule has 3 rings (SSSR count). The molecule has 0 aromatic heterocycles. The van der Waals surface area contributed by atoms with Gasteiger partial charge in [-0.15, -0.1) is 0 Å². The maximum Gasteiger partial charge on any atom is 0.330 e. The number of ether oxygens (including phenoxy) is 1. The van der Waals surface area contributed by atoms with Crippen LogP contribution in [0.25, 0.3) is 0 Å². The number of hydrogen-bond donors (Lipinski definition) is 0. The topological polar surface area (TPSA) is 46.6 Å². The van der Waals surface area contributed by atoms with Crippen molar-refractivity contribution in [2.75, 3.05) is 13.2 Å². The van der Waals surface area contributed by atoms with Gasteiger partial charge in [-0.2, -0.15) is 8.78 Å². The maximum atomic E-state index is 14.7. The largest absolute Gasteiger partial charge is 0.466 e. The molecular weight excluding hydrogens is 316 g/mol. The lowest BCUT2D eigenvalue weighted by Crippen LogP contribution is -2.41. The summed E-state index contributed by atoms with van der Waals surface area (Å²) in [6, 6.07) is 8.60. The molecule has 1 saturated heterocycles. The highest BCUT2D eigenvalue weighted by Crippen LogP contribution is 2.60. The fraction of sp³-hybridized carbons (Fsp3) is 0.556. The molecule has 2 aliphatic rings. The van der Waals surface area contributed by atoms with E-state index >= 15 is 0 Å². The Labute approximate surface area is 139 Å². The fourth-order valence-corrected chi connectivity index (χ4v) is 3.61. The van der Waals surface area contributed by atoms with Crippen molar-refractivity contribution >= 4 is 11.9 Å². The Morgan fingerprint density at radius 1 is 1.33 bits per heavy atom. The second kappa shape index (κ2) is 5.83. The zero-order valence-electron chi connectivity index (χ0n) is 13.8. The Kier molecular flexibility index (Phi) is 4.10. The van der Waals surface area contributed by atoms with Crippen molar-refractivity contribution in [3.63, 3.8) is 0 Å². The number of amides is 1. The Morgan fingerprint density at radius 2 is 1.96 bits per heavy atom. The molecule has 130 valence electrons. The number of benzene rings is 1. The van der Waals surface area contributed by atoms with Crippen LogP contribution in [-0.2, 0) is 14.3 Å². The van der Waals surface area contributed by atoms with E-state index in [0.29, 0.717) is 12.8 Å². The van der Waals surface area contributed by atoms with E-state index in [0.717, 1.165) is 5.56 Å². The van der Waals surface area contributed by atoms with Gasteiger partial charge < -0.3 is 9.64 Å². The van der Waals surface area contributed by atoms with Gasteiger partial charge in [0, 0.05) is 6.54 Å². The molecule has 4 nitrogen and oxygen atoms in total. The number of carbonyl (C=O) groups is 2. The molecule has 1 aliphatic heterocycles. The number of hydrogen-bond acceptors (Lipinski definition) is 3. The first-order chi connectivity index (χ1) is 11.3. The van der Waals surface area contributed by atoms with Gasteiger partial charge in [-0.05, 0) is 32.3 Å². The van der Waals surface area contributed by atoms with Crippen LogP contribution < -0.4 is 0 Å². The van der Waals surface area contributed by atoms with E-state index in [1.54, 1.807) is 13.8 Å². The smallest absolute Gasteiger partial charge is 0.330 e. The average Bonchev–Trinajstić information content (AvgIpc) is 3.33. The molecule has 0 radical (unpaired) electrons. The third-order valence-corrected chi connectivity index (χ3v) is 5.25. The highest BCUT2D eigenvalue weighted by molar-refractivity contribution is 5.90. The SMILES string of the molecule is CCOC(=O)C1(C2CN(C(C)c3ccccc3)C(=O)C2(F)F)CC1. The molecule has 1 aliphatic carbocycles. The number of alkyl halides is 2. The van der Waals surface area contributed by atoms with Crippen molar-refractivity contribution in [1.29, 1.82) is 0 Å². The van der Waals surface area contributed by atoms with Crippen molar-refractivity contribution in [3.05, 3.63) is 35.9 Å². The Bertz CT molecular complexity index is 643. The van der Waals surface area contributed by atoms with E-state index in [9.17, 15) is 18.4 Å². The molecule has 1 aromatic rings. The average molecular weight is 337 g/mol. The quantitative estimate of drug-likeness (QED) is 0.775. The van der Waals surface area contributed by atoms with Gasteiger partial charge in [-0.1, -0.05) is 30.3 Å². The number of halogens is 2. The maximum absolute atomic E-state index is 14.7. The summed E-state index contributed by atoms with van der Waals surface area (Å²) in [5.41, 5.74) is -0.413. The van der Waals surface area contributed by atoms with Crippen molar-refractivity contribution in [2.24, 2.45) is 11.3 Å². The van der Waals surface area contributed by atoms with E-state index in [1.165, 1.54) is 4.90 Å². The molecule has 1 heterocycles. The summed E-state index contributed by atoms with van der Waals surface area (Å²) in [7, 11) is 0. The van der Waals surface area contributed by atoms with Crippen LogP contribution in [0.1, 0.15) is 38.3 Å². The molecule has 0 N–H and O–H groups in total. The standard InChI is InChI=1S/C18H21F2NO3/c1-3-24-16(23)17(9-10-17)14-11-21(15(22)18(14,19)20)12(2)13-7-5-4-6-8-13/h4-8,12,14H,3,9-11H2,1-2H3. The lowest BCUT2D eigenvalue weighted by molar-refractivity contribution is -0.164. The highest BCUT2D eigenvalue weighted by atomic mass is 19.3. The van der Waals surface area contributed by atoms with Gasteiger partial charge >= 0.3 is 11.9 Å². The second-order valence-corrected chi connectivity index (χ2v) is 6.60. The van der Waals surface area contributed by atoms with Gasteiger partial charge in [-0.25, -0.2) is 0 Å². The Hall–Kier alpha value is -1.98. The first kappa shape index (κ1) is 16.9. The van der Waals surface area contributed by atoms with Crippen LogP contribution in [0.2, 0.25) is 0 Å². The molecule has 2 atom stereocenters. The molecule has 2 fully saturated rings. The number of nitrogens with zero attached hydrogens (tertiary/aromatic N) is 1. The van der Waals surface area contributed by atoms with Gasteiger partial charge in [0.25, 0.3) is 5.91 Å². The van der Waals surface area contributed by atoms with E-state index < -0.39 is 35.2 Å². The van der Waals surface area contributed by atoms with Crippen molar-refractivity contribution < 1.29 is 23.1 Å². The van der Waals surface area contributed by atoms with Gasteiger partial charge in [0.05, 0.1) is 24.0 Å². The van der Waals surface area contributed by atoms with Crippen molar-refractivity contribution in [2.45, 2.75) is 38.7 Å². The predicted octanol–water partition coefficient (Wildman–Crippen LogP) is 3.18. The molecular formula is C18H21F2NO3. The first-order valence-corrected chi connectivity index (χ1v) is 8.25. The molecule has 0 bridgehead atoms. The zero-order valence-corrected chi connectivity index (χ0v) is 13.8. The van der Waals surface area contributed by atoms with Crippen LogP contribution in [0.4, 0.5) is 8.78 Å². The van der Waals surface area contributed by atoms with Crippen LogP contribution in [0.3, 0.4) is 0 Å². The van der Waals surface area contributed by atoms with Crippen LogP contribution >= 0.6 is 0 Å². The van der Waals surface area contributed by atoms with Crippen LogP contribution in [0.15, 0.2) is 30.3 Å². The molecule has 2 unspecified atom stereocenters. The minimum absolute atomic E-state index is 0.124. The highest BCUT2D eigenvalue weighted by Gasteiger charge is 2.71. The van der Waals surface area contributed by atoms with Gasteiger partial charge in [0.1, 0.15) is 0 Å². The third-order valence-electron chi connectivity index (χ3n) is 5.25. The molecule has 24 heavy (non-hydrogen) atoms. The molecule has 6 heteroatoms. The van der Waals surface area contributed by atoms with E-state index in [1.807, 2.05) is 30.3 Å². The van der Waals surface area contributed by atoms with E-state index in [4.69, 9.17) is 4.74 Å². The number of carbonyl (C=O) groups excluding carboxylic acids is 2. The monoisotopic (exact) mass is 337 g/mol. The minimum atomic E-state index is -3.54. The summed E-state index contributed by atoms with van der Waals surface area (Å²) in [5, 5.41) is 0. The molecule has 1 amide bonds. The zero-order chi connectivity index (χ0) is 17.5. The molecule has 1 saturated carbocycles. The third kappa shape index (κ3) is 2.48. The van der Waals surface area contributed by atoms with Crippen LogP contribution in [-0.4, -0.2) is 35.9 Å².